The van der Waals surface area contributed by atoms with Crippen LogP contribution in [0.3, 0.4) is 0 Å². The molecule has 202 valence electrons. The minimum absolute atomic E-state index is 0.00126. The number of nitrogens with two attached hydrogens (primary N) is 1. The largest absolute Gasteiger partial charge is 0.486 e. The number of nitrogens with one attached hydrogen (secondary N) is 2. The second-order valence-electron chi connectivity index (χ2n) is 9.61. The number of halogens is 2. The molecule has 0 unspecified atom stereocenters. The van der Waals surface area contributed by atoms with Crippen molar-refractivity contribution in [2.24, 2.45) is 5.92 Å². The van der Waals surface area contributed by atoms with E-state index >= 15 is 0 Å². The zero-order chi connectivity index (χ0) is 27.3. The molecular weight excluding hydrogens is 498 g/mol. The Kier molecular flexibility index (Phi) is 8.28. The summed E-state index contributed by atoms with van der Waals surface area (Å²) in [5.41, 5.74) is 0.839. The van der Waals surface area contributed by atoms with E-state index < -0.39 is 12.0 Å². The molecule has 2 amide bonds. The van der Waals surface area contributed by atoms with E-state index in [0.29, 0.717) is 42.2 Å². The van der Waals surface area contributed by atoms with Crippen molar-refractivity contribution in [3.05, 3.63) is 48.0 Å². The fourth-order valence-corrected chi connectivity index (χ4v) is 4.63. The summed E-state index contributed by atoms with van der Waals surface area (Å²) in [7, 11) is 0. The Morgan fingerprint density at radius 2 is 1.95 bits per heavy atom. The Morgan fingerprint density at radius 1 is 1.21 bits per heavy atom. The van der Waals surface area contributed by atoms with Gasteiger partial charge in [-0.2, -0.15) is 0 Å². The average Bonchev–Trinajstić information content (AvgIpc) is 3.38. The van der Waals surface area contributed by atoms with Crippen molar-refractivity contribution < 1.29 is 33.3 Å². The number of anilines is 1. The Hall–Kier alpha value is -3.96. The van der Waals surface area contributed by atoms with Crippen molar-refractivity contribution in [2.75, 3.05) is 25.0 Å². The van der Waals surface area contributed by atoms with Gasteiger partial charge in [0.25, 0.3) is 0 Å². The van der Waals surface area contributed by atoms with Gasteiger partial charge in [0.05, 0.1) is 12.1 Å². The number of ketones is 1. The van der Waals surface area contributed by atoms with Gasteiger partial charge in [-0.05, 0) is 43.0 Å². The summed E-state index contributed by atoms with van der Waals surface area (Å²) in [5, 5.41) is 11.8. The lowest BCUT2D eigenvalue weighted by Gasteiger charge is -2.35. The number of nitrogens with zero attached hydrogens (tertiary/aromatic N) is 3. The van der Waals surface area contributed by atoms with Crippen molar-refractivity contribution in [1.82, 2.24) is 20.2 Å². The lowest BCUT2D eigenvalue weighted by Crippen LogP contribution is -2.50. The lowest BCUT2D eigenvalue weighted by molar-refractivity contribution is -0.138. The molecule has 1 aliphatic heterocycles. The van der Waals surface area contributed by atoms with Crippen LogP contribution in [0.4, 0.5) is 14.5 Å². The normalized spacial score (nSPS) is 18.4. The van der Waals surface area contributed by atoms with E-state index in [-0.39, 0.29) is 61.8 Å². The zero-order valence-electron chi connectivity index (χ0n) is 21.1. The Morgan fingerprint density at radius 3 is 2.63 bits per heavy atom. The highest BCUT2D eigenvalue weighted by Gasteiger charge is 2.45. The van der Waals surface area contributed by atoms with Crippen molar-refractivity contribution in [3.8, 4) is 5.75 Å². The maximum atomic E-state index is 13.0. The second-order valence-corrected chi connectivity index (χ2v) is 9.61. The maximum Gasteiger partial charge on any atom is 0.249 e. The number of likely N-dealkylation sites (tertiary alicyclic amines) is 1. The second kappa shape index (κ2) is 11.6. The van der Waals surface area contributed by atoms with Crippen LogP contribution in [0.15, 0.2) is 36.7 Å². The van der Waals surface area contributed by atoms with E-state index in [1.165, 1.54) is 11.8 Å². The van der Waals surface area contributed by atoms with Gasteiger partial charge in [0.2, 0.25) is 29.2 Å². The third-order valence-corrected chi connectivity index (χ3v) is 6.69. The van der Waals surface area contributed by atoms with Crippen LogP contribution in [0, 0.1) is 5.92 Å². The van der Waals surface area contributed by atoms with Crippen LogP contribution in [0.5, 0.6) is 5.75 Å². The van der Waals surface area contributed by atoms with Gasteiger partial charge in [0, 0.05) is 50.9 Å². The molecule has 0 radical (unpaired) electrons. The number of ether oxygens (including phenoxy) is 1. The Balaban J connectivity index is 1.36. The molecule has 4 N–H and O–H groups in total. The van der Waals surface area contributed by atoms with Gasteiger partial charge in [0.15, 0.2) is 5.82 Å². The first-order valence-corrected chi connectivity index (χ1v) is 12.5. The highest BCUT2D eigenvalue weighted by molar-refractivity contribution is 6.44. The van der Waals surface area contributed by atoms with Crippen molar-refractivity contribution in [3.63, 3.8) is 0 Å². The van der Waals surface area contributed by atoms with E-state index in [2.05, 4.69) is 20.6 Å². The Labute approximate surface area is 218 Å². The van der Waals surface area contributed by atoms with Gasteiger partial charge < -0.3 is 20.3 Å². The van der Waals surface area contributed by atoms with Gasteiger partial charge in [-0.3, -0.25) is 19.8 Å². The van der Waals surface area contributed by atoms with Gasteiger partial charge in [0.1, 0.15) is 18.4 Å². The van der Waals surface area contributed by atoms with Crippen molar-refractivity contribution in [1.29, 1.82) is 0 Å². The van der Waals surface area contributed by atoms with E-state index in [0.717, 1.165) is 0 Å². The number of Topliss-reactive ketones (excluding diaryl/α,β-unsaturated/α-hetero) is 1. The fraction of sp³-hybridized carbons (Fsp3) is 0.462. The number of rotatable bonds is 11. The zero-order valence-corrected chi connectivity index (χ0v) is 21.1. The van der Waals surface area contributed by atoms with Gasteiger partial charge >= 0.3 is 0 Å². The molecule has 1 aromatic heterocycles. The third kappa shape index (κ3) is 6.67. The minimum atomic E-state index is -2.64. The fourth-order valence-electron chi connectivity index (χ4n) is 4.63. The van der Waals surface area contributed by atoms with Crippen LogP contribution in [0.25, 0.3) is 0 Å². The summed E-state index contributed by atoms with van der Waals surface area (Å²) in [6, 6.07) is 5.98. The predicted octanol–water partition coefficient (Wildman–Crippen LogP) is 0.757. The van der Waals surface area contributed by atoms with Gasteiger partial charge in [-0.1, -0.05) is 0 Å². The third-order valence-electron chi connectivity index (χ3n) is 6.69. The van der Waals surface area contributed by atoms with Crippen LogP contribution < -0.4 is 20.8 Å². The number of alkyl halides is 2. The monoisotopic (exact) mass is 529 g/mol. The molecule has 1 saturated heterocycles. The van der Waals surface area contributed by atoms with E-state index in [1.807, 2.05) is 0 Å². The predicted molar refractivity (Wildman–Crippen MR) is 133 cm³/mol. The first-order chi connectivity index (χ1) is 18.1. The molecular formula is C26H31F2N6O4+. The molecule has 38 heavy (non-hydrogen) atoms. The van der Waals surface area contributed by atoms with Crippen molar-refractivity contribution in [2.45, 2.75) is 51.2 Å². The first-order valence-electron chi connectivity index (χ1n) is 12.5. The molecule has 1 aromatic carbocycles. The highest BCUT2D eigenvalue weighted by Crippen LogP contribution is 2.41. The lowest BCUT2D eigenvalue weighted by atomic mass is 9.81. The SMILES string of the molecule is CC(=O)C(=[NH2+])c1cc(OCc2ncccn2)ccc1NCC(=O)N1CCC[C@H]1C(=O)NCC1CC(F)(F)C1. The highest BCUT2D eigenvalue weighted by atomic mass is 19.3. The van der Waals surface area contributed by atoms with E-state index in [4.69, 9.17) is 10.1 Å². The number of carbonyl (C=O) groups is 3. The Bertz CT molecular complexity index is 1200. The first kappa shape index (κ1) is 27.1. The molecule has 2 heterocycles. The van der Waals surface area contributed by atoms with Crippen LogP contribution in [0.2, 0.25) is 0 Å². The number of benzene rings is 1. The van der Waals surface area contributed by atoms with E-state index in [9.17, 15) is 23.2 Å². The molecule has 1 saturated carbocycles. The average molecular weight is 530 g/mol. The molecule has 1 aliphatic carbocycles. The summed E-state index contributed by atoms with van der Waals surface area (Å²) >= 11 is 0. The molecule has 0 spiro atoms. The quantitative estimate of drug-likeness (QED) is 0.365. The number of aromatic nitrogens is 2. The van der Waals surface area contributed by atoms with Gasteiger partial charge in [-0.15, -0.1) is 0 Å². The molecule has 0 bridgehead atoms. The summed E-state index contributed by atoms with van der Waals surface area (Å²) in [4.78, 5) is 47.4. The summed E-state index contributed by atoms with van der Waals surface area (Å²) < 4.78 is 31.8. The number of hydrogen-bond acceptors (Lipinski definition) is 7. The number of carbonyl (C=O) groups excluding carboxylic acids is 3. The van der Waals surface area contributed by atoms with Crippen molar-refractivity contribution >= 4 is 29.0 Å². The maximum absolute atomic E-state index is 13.0. The molecule has 2 fully saturated rings. The molecule has 4 rings (SSSR count). The van der Waals surface area contributed by atoms with Gasteiger partial charge in [-0.25, -0.2) is 18.7 Å². The number of hydrogen-bond donors (Lipinski definition) is 3. The van der Waals surface area contributed by atoms with Crippen LogP contribution in [-0.4, -0.2) is 69.8 Å². The minimum Gasteiger partial charge on any atom is -0.486 e. The molecule has 12 heteroatoms. The number of amides is 2. The molecule has 1 atom stereocenters. The molecule has 2 aromatic rings. The van der Waals surface area contributed by atoms with Crippen LogP contribution in [-0.2, 0) is 21.0 Å². The van der Waals surface area contributed by atoms with E-state index in [1.54, 1.807) is 36.7 Å². The summed E-state index contributed by atoms with van der Waals surface area (Å²) in [6.07, 6.45) is 3.93. The molecule has 10 nitrogen and oxygen atoms in total. The summed E-state index contributed by atoms with van der Waals surface area (Å²) in [6.45, 7) is 1.93. The standard InChI is InChI=1S/C26H30F2N6O4/c1-16(35)24(29)19-10-18(38-15-22-30-7-3-8-31-22)5-6-20(19)32-14-23(36)34-9-2-4-21(34)25(37)33-13-17-11-26(27,28)12-17/h3,5-8,10,17,21,29,32H,2,4,9,11-15H2,1H3,(H,33,37)/p+1/t21-/m0/s1. The smallest absolute Gasteiger partial charge is 0.249 e. The summed E-state index contributed by atoms with van der Waals surface area (Å²) in [5.74, 6) is -2.93. The van der Waals surface area contributed by atoms with Crippen LogP contribution >= 0.6 is 0 Å². The topological polar surface area (TPSA) is 139 Å². The molecule has 2 aliphatic rings. The van der Waals surface area contributed by atoms with Crippen LogP contribution in [0.1, 0.15) is 44.0 Å².